The molecule has 0 fully saturated rings. The Hall–Kier alpha value is -3.79. The Labute approximate surface area is 236 Å². The summed E-state index contributed by atoms with van der Waals surface area (Å²) in [6, 6.07) is 9.81. The van der Waals surface area contributed by atoms with Crippen LogP contribution in [-0.2, 0) is 14.3 Å². The van der Waals surface area contributed by atoms with Crippen LogP contribution in [0.1, 0.15) is 66.0 Å². The minimum Gasteiger partial charge on any atom is -0.508 e. The van der Waals surface area contributed by atoms with Gasteiger partial charge in [-0.2, -0.15) is 0 Å². The maximum absolute atomic E-state index is 14.0. The zero-order chi connectivity index (χ0) is 30.0. The number of methoxy groups -OCH3 is 1. The van der Waals surface area contributed by atoms with Gasteiger partial charge in [-0.25, -0.2) is 4.79 Å². The molecule has 0 aliphatic rings. The number of hydrogen-bond acceptors (Lipinski definition) is 7. The van der Waals surface area contributed by atoms with Crippen molar-refractivity contribution in [2.75, 3.05) is 19.0 Å². The zero-order valence-electron chi connectivity index (χ0n) is 24.4. The molecule has 40 heavy (non-hydrogen) atoms. The van der Waals surface area contributed by atoms with Gasteiger partial charge >= 0.3 is 6.09 Å². The molecule has 0 saturated carbocycles. The summed E-state index contributed by atoms with van der Waals surface area (Å²) in [6.07, 6.45) is 0.450. The first kappa shape index (κ1) is 32.4. The molecule has 0 radical (unpaired) electrons. The number of alkyl carbamates (subject to hydrolysis) is 1. The number of nitrogens with one attached hydrogen (secondary N) is 2. The number of amides is 3. The normalized spacial score (nSPS) is 13.6. The molecule has 2 aromatic carbocycles. The molecule has 3 unspecified atom stereocenters. The van der Waals surface area contributed by atoms with Gasteiger partial charge in [-0.15, -0.1) is 0 Å². The predicted octanol–water partition coefficient (Wildman–Crippen LogP) is 4.62. The Kier molecular flexibility index (Phi) is 11.8. The Balaban J connectivity index is 2.55. The van der Waals surface area contributed by atoms with Gasteiger partial charge in [0.2, 0.25) is 5.91 Å². The molecule has 2 aromatic rings. The molecule has 3 amide bonds. The number of rotatable bonds is 12. The van der Waals surface area contributed by atoms with Gasteiger partial charge in [-0.05, 0) is 88.4 Å². The zero-order valence-corrected chi connectivity index (χ0v) is 24.4. The van der Waals surface area contributed by atoms with Crippen LogP contribution in [0.25, 0.3) is 0 Å². The second-order valence-electron chi connectivity index (χ2n) is 11.2. The van der Waals surface area contributed by atoms with Crippen LogP contribution >= 0.6 is 0 Å². The molecule has 220 valence electrons. The van der Waals surface area contributed by atoms with Gasteiger partial charge in [0.15, 0.2) is 0 Å². The molecule has 0 bridgehead atoms. The van der Waals surface area contributed by atoms with E-state index in [-0.39, 0.29) is 5.75 Å². The number of aliphatic hydroxyl groups excluding tert-OH is 1. The highest BCUT2D eigenvalue weighted by molar-refractivity contribution is 5.99. The van der Waals surface area contributed by atoms with E-state index in [1.807, 2.05) is 6.92 Å². The van der Waals surface area contributed by atoms with E-state index < -0.39 is 48.2 Å². The second-order valence-corrected chi connectivity index (χ2v) is 11.2. The first-order chi connectivity index (χ1) is 18.7. The van der Waals surface area contributed by atoms with E-state index in [0.717, 1.165) is 6.42 Å². The maximum Gasteiger partial charge on any atom is 0.408 e. The highest BCUT2D eigenvalue weighted by Gasteiger charge is 2.39. The van der Waals surface area contributed by atoms with Crippen molar-refractivity contribution in [1.82, 2.24) is 10.2 Å². The van der Waals surface area contributed by atoms with Crippen molar-refractivity contribution >= 4 is 23.6 Å². The molecule has 0 heterocycles. The standard InChI is InChI=1S/C30H43N3O7/c1-19(2)11-12-20(3)33(28(37)25(18-34)32-29(38)40-30(4,5)6)26(21-9-8-10-23(35)17-21)27(36)31-22-13-15-24(39-7)16-14-22/h8-10,13-17,19-20,25-26,34-35H,11-12,18H2,1-7H3,(H,31,36)(H,32,38). The predicted molar refractivity (Wildman–Crippen MR) is 153 cm³/mol. The fourth-order valence-electron chi connectivity index (χ4n) is 4.15. The molecule has 3 atom stereocenters. The highest BCUT2D eigenvalue weighted by Crippen LogP contribution is 2.30. The third-order valence-electron chi connectivity index (χ3n) is 6.13. The first-order valence-electron chi connectivity index (χ1n) is 13.4. The van der Waals surface area contributed by atoms with Crippen molar-refractivity contribution in [3.63, 3.8) is 0 Å². The van der Waals surface area contributed by atoms with Gasteiger partial charge in [0.25, 0.3) is 5.91 Å². The molecule has 0 aliphatic carbocycles. The number of carbonyl (C=O) groups is 3. The lowest BCUT2D eigenvalue weighted by atomic mass is 9.97. The number of anilines is 1. The van der Waals surface area contributed by atoms with Gasteiger partial charge in [-0.1, -0.05) is 26.0 Å². The average molecular weight is 558 g/mol. The van der Waals surface area contributed by atoms with Crippen LogP contribution in [-0.4, -0.2) is 64.4 Å². The quantitative estimate of drug-likeness (QED) is 0.299. The number of carbonyl (C=O) groups excluding carboxylic acids is 3. The molecule has 0 aliphatic heterocycles. The van der Waals surface area contributed by atoms with E-state index in [9.17, 15) is 24.6 Å². The lowest BCUT2D eigenvalue weighted by Crippen LogP contribution is -2.56. The summed E-state index contributed by atoms with van der Waals surface area (Å²) >= 11 is 0. The first-order valence-corrected chi connectivity index (χ1v) is 13.4. The third kappa shape index (κ3) is 9.75. The van der Waals surface area contributed by atoms with E-state index in [1.165, 1.54) is 24.1 Å². The van der Waals surface area contributed by atoms with Crippen molar-refractivity contribution in [2.45, 2.75) is 78.1 Å². The fourth-order valence-corrected chi connectivity index (χ4v) is 4.15. The summed E-state index contributed by atoms with van der Waals surface area (Å²) in [4.78, 5) is 41.8. The Morgan fingerprint density at radius 3 is 2.17 bits per heavy atom. The van der Waals surface area contributed by atoms with Gasteiger partial charge in [0.05, 0.1) is 13.7 Å². The lowest BCUT2D eigenvalue weighted by Gasteiger charge is -2.38. The number of aliphatic hydroxyl groups is 1. The summed E-state index contributed by atoms with van der Waals surface area (Å²) in [5, 5.41) is 25.7. The van der Waals surface area contributed by atoms with Crippen LogP contribution < -0.4 is 15.4 Å². The molecule has 0 saturated heterocycles. The fraction of sp³-hybridized carbons (Fsp3) is 0.500. The van der Waals surface area contributed by atoms with E-state index in [4.69, 9.17) is 9.47 Å². The number of hydrogen-bond donors (Lipinski definition) is 4. The van der Waals surface area contributed by atoms with E-state index >= 15 is 0 Å². The SMILES string of the molecule is COc1ccc(NC(=O)C(c2cccc(O)c2)N(C(=O)C(CO)NC(=O)OC(C)(C)C)C(C)CCC(C)C)cc1. The lowest BCUT2D eigenvalue weighted by molar-refractivity contribution is -0.144. The molecular formula is C30H43N3O7. The second kappa shape index (κ2) is 14.6. The number of phenols is 1. The van der Waals surface area contributed by atoms with Gasteiger partial charge in [-0.3, -0.25) is 9.59 Å². The molecule has 4 N–H and O–H groups in total. The summed E-state index contributed by atoms with van der Waals surface area (Å²) < 4.78 is 10.5. The molecule has 10 heteroatoms. The molecule has 0 aromatic heterocycles. The Morgan fingerprint density at radius 1 is 1.00 bits per heavy atom. The van der Waals surface area contributed by atoms with Crippen molar-refractivity contribution < 1.29 is 34.1 Å². The van der Waals surface area contributed by atoms with Gasteiger partial charge in [0, 0.05) is 11.7 Å². The number of benzene rings is 2. The number of aromatic hydroxyl groups is 1. The van der Waals surface area contributed by atoms with E-state index in [0.29, 0.717) is 29.3 Å². The average Bonchev–Trinajstić information content (AvgIpc) is 2.87. The summed E-state index contributed by atoms with van der Waals surface area (Å²) in [5.41, 5.74) is 0.0215. The molecule has 0 spiro atoms. The maximum atomic E-state index is 14.0. The van der Waals surface area contributed by atoms with Crippen LogP contribution in [0.4, 0.5) is 10.5 Å². The summed E-state index contributed by atoms with van der Waals surface area (Å²) in [6.45, 7) is 10.3. The van der Waals surface area contributed by atoms with E-state index in [1.54, 1.807) is 57.2 Å². The van der Waals surface area contributed by atoms with Gasteiger partial charge < -0.3 is 35.2 Å². The Bertz CT molecular complexity index is 1130. The minimum atomic E-state index is -1.37. The van der Waals surface area contributed by atoms with Crippen molar-refractivity contribution in [1.29, 1.82) is 0 Å². The molecule has 2 rings (SSSR count). The topological polar surface area (TPSA) is 137 Å². The van der Waals surface area contributed by atoms with Crippen molar-refractivity contribution in [2.24, 2.45) is 5.92 Å². The van der Waals surface area contributed by atoms with Crippen LogP contribution in [0.5, 0.6) is 11.5 Å². The van der Waals surface area contributed by atoms with Crippen LogP contribution in [0.15, 0.2) is 48.5 Å². The largest absolute Gasteiger partial charge is 0.508 e. The third-order valence-corrected chi connectivity index (χ3v) is 6.13. The number of phenolic OH excluding ortho intramolecular Hbond substituents is 1. The number of ether oxygens (including phenoxy) is 2. The Morgan fingerprint density at radius 2 is 1.65 bits per heavy atom. The van der Waals surface area contributed by atoms with Gasteiger partial charge in [0.1, 0.15) is 29.2 Å². The summed E-state index contributed by atoms with van der Waals surface area (Å²) in [7, 11) is 1.54. The number of nitrogens with zero attached hydrogens (tertiary/aromatic N) is 1. The van der Waals surface area contributed by atoms with Crippen molar-refractivity contribution in [3.8, 4) is 11.5 Å². The van der Waals surface area contributed by atoms with Crippen molar-refractivity contribution in [3.05, 3.63) is 54.1 Å². The monoisotopic (exact) mass is 557 g/mol. The molecular weight excluding hydrogens is 514 g/mol. The smallest absolute Gasteiger partial charge is 0.408 e. The summed E-state index contributed by atoms with van der Waals surface area (Å²) in [5.74, 6) is -0.328. The minimum absolute atomic E-state index is 0.0763. The molecule has 10 nitrogen and oxygen atoms in total. The van der Waals surface area contributed by atoms with E-state index in [2.05, 4.69) is 24.5 Å². The van der Waals surface area contributed by atoms with Crippen LogP contribution in [0.2, 0.25) is 0 Å². The van der Waals surface area contributed by atoms with Crippen LogP contribution in [0.3, 0.4) is 0 Å². The van der Waals surface area contributed by atoms with Crippen LogP contribution in [0, 0.1) is 5.92 Å². The highest BCUT2D eigenvalue weighted by atomic mass is 16.6.